The molecule has 3 aromatic rings. The van der Waals surface area contributed by atoms with Crippen molar-refractivity contribution in [2.45, 2.75) is 78.1 Å². The van der Waals surface area contributed by atoms with Crippen LogP contribution in [0.4, 0.5) is 8.78 Å². The fourth-order valence-electron chi connectivity index (χ4n) is 6.31. The molecule has 0 aromatic heterocycles. The molecule has 0 spiro atoms. The van der Waals surface area contributed by atoms with E-state index < -0.39 is 35.6 Å². The summed E-state index contributed by atoms with van der Waals surface area (Å²) in [5.41, 5.74) is 1.32. The minimum Gasteiger partial charge on any atom is -0.465 e. The zero-order chi connectivity index (χ0) is 34.1. The fourth-order valence-corrected chi connectivity index (χ4v) is 6.31. The maximum absolute atomic E-state index is 15.6. The molecule has 1 unspecified atom stereocenters. The molecule has 1 aliphatic carbocycles. The Bertz CT molecular complexity index is 1560. The van der Waals surface area contributed by atoms with Crippen molar-refractivity contribution >= 4 is 22.7 Å². The van der Waals surface area contributed by atoms with Gasteiger partial charge in [-0.1, -0.05) is 68.8 Å². The molecule has 254 valence electrons. The van der Waals surface area contributed by atoms with E-state index in [1.165, 1.54) is 18.4 Å². The van der Waals surface area contributed by atoms with Gasteiger partial charge in [0.25, 0.3) is 0 Å². The lowest BCUT2D eigenvalue weighted by Crippen LogP contribution is -2.35. The number of aliphatic hydroxyl groups excluding tert-OH is 2. The zero-order valence-electron chi connectivity index (χ0n) is 27.8. The van der Waals surface area contributed by atoms with Crippen LogP contribution < -0.4 is 0 Å². The number of hydrogen-bond acceptors (Lipinski definition) is 6. The molecule has 4 rings (SSSR count). The Morgan fingerprint density at radius 3 is 2.28 bits per heavy atom. The first-order chi connectivity index (χ1) is 22.5. The number of aliphatic hydroxyl groups is 2. The number of aryl methyl sites for hydroxylation is 1. The highest BCUT2D eigenvalue weighted by atomic mass is 19.2. The summed E-state index contributed by atoms with van der Waals surface area (Å²) >= 11 is 0. The molecule has 0 aliphatic heterocycles. The number of ether oxygens (including phenoxy) is 2. The third-order valence-electron chi connectivity index (χ3n) is 9.56. The van der Waals surface area contributed by atoms with E-state index >= 15 is 8.78 Å². The summed E-state index contributed by atoms with van der Waals surface area (Å²) < 4.78 is 42.1. The van der Waals surface area contributed by atoms with E-state index in [2.05, 4.69) is 25.6 Å². The normalized spacial score (nSPS) is 17.3. The predicted octanol–water partition coefficient (Wildman–Crippen LogP) is 8.06. The lowest BCUT2D eigenvalue weighted by atomic mass is 9.74. The molecule has 47 heavy (non-hydrogen) atoms. The van der Waals surface area contributed by atoms with Gasteiger partial charge in [-0.2, -0.15) is 0 Å². The van der Waals surface area contributed by atoms with Crippen molar-refractivity contribution < 1.29 is 38.1 Å². The predicted molar refractivity (Wildman–Crippen MR) is 180 cm³/mol. The topological polar surface area (TPSA) is 93.1 Å². The van der Waals surface area contributed by atoms with Crippen LogP contribution in [0.5, 0.6) is 0 Å². The molecule has 2 N–H and O–H groups in total. The fraction of sp³-hybridized carbons (Fsp3) is 0.487. The number of rotatable bonds is 15. The van der Waals surface area contributed by atoms with E-state index in [1.54, 1.807) is 26.0 Å². The second-order valence-electron chi connectivity index (χ2n) is 13.6. The number of halogens is 2. The summed E-state index contributed by atoms with van der Waals surface area (Å²) in [7, 11) is 0. The SMILES string of the molecule is C=C(CO)C(=O)OCC(COC(=O)C(C)(C)CO)C1CCC(c2ccc(-c3ccc4cc(CCCCC)ccc4c3)c(F)c2F)CC1. The van der Waals surface area contributed by atoms with E-state index in [0.29, 0.717) is 36.8 Å². The van der Waals surface area contributed by atoms with Crippen molar-refractivity contribution in [1.82, 2.24) is 0 Å². The summed E-state index contributed by atoms with van der Waals surface area (Å²) in [6.45, 7) is 7.83. The van der Waals surface area contributed by atoms with Gasteiger partial charge in [-0.3, -0.25) is 4.79 Å². The molecule has 0 bridgehead atoms. The molecule has 8 heteroatoms. The Balaban J connectivity index is 1.44. The first-order valence-electron chi connectivity index (χ1n) is 16.7. The van der Waals surface area contributed by atoms with Crippen LogP contribution in [-0.4, -0.2) is 48.6 Å². The number of fused-ring (bicyclic) bond motifs is 1. The zero-order valence-corrected chi connectivity index (χ0v) is 27.8. The van der Waals surface area contributed by atoms with Crippen molar-refractivity contribution in [2.75, 3.05) is 26.4 Å². The smallest absolute Gasteiger partial charge is 0.335 e. The van der Waals surface area contributed by atoms with E-state index in [1.807, 2.05) is 24.3 Å². The van der Waals surface area contributed by atoms with Crippen LogP contribution in [0, 0.1) is 28.9 Å². The van der Waals surface area contributed by atoms with Gasteiger partial charge >= 0.3 is 11.9 Å². The highest BCUT2D eigenvalue weighted by Gasteiger charge is 2.34. The quantitative estimate of drug-likeness (QED) is 0.0982. The molecule has 0 radical (unpaired) electrons. The molecule has 3 aromatic carbocycles. The van der Waals surface area contributed by atoms with Crippen LogP contribution in [0.1, 0.15) is 82.8 Å². The van der Waals surface area contributed by atoms with Gasteiger partial charge in [0.1, 0.15) is 0 Å². The summed E-state index contributed by atoms with van der Waals surface area (Å²) in [6, 6.07) is 15.4. The molecular formula is C39H48F2O6. The first kappa shape index (κ1) is 36.2. The number of benzene rings is 3. The second-order valence-corrected chi connectivity index (χ2v) is 13.6. The Kier molecular flexibility index (Phi) is 12.7. The van der Waals surface area contributed by atoms with Crippen molar-refractivity contribution in [2.24, 2.45) is 17.3 Å². The minimum absolute atomic E-state index is 0.0107. The number of hydrogen-bond donors (Lipinski definition) is 2. The van der Waals surface area contributed by atoms with E-state index in [-0.39, 0.29) is 48.7 Å². The van der Waals surface area contributed by atoms with Gasteiger partial charge in [0.15, 0.2) is 11.6 Å². The summed E-state index contributed by atoms with van der Waals surface area (Å²) in [6.07, 6.45) is 6.97. The minimum atomic E-state index is -1.08. The van der Waals surface area contributed by atoms with Crippen LogP contribution in [0.15, 0.2) is 60.7 Å². The summed E-state index contributed by atoms with van der Waals surface area (Å²) in [4.78, 5) is 24.7. The van der Waals surface area contributed by atoms with Gasteiger partial charge in [0.05, 0.1) is 37.4 Å². The summed E-state index contributed by atoms with van der Waals surface area (Å²) in [5.74, 6) is -3.54. The first-order valence-corrected chi connectivity index (χ1v) is 16.7. The van der Waals surface area contributed by atoms with Crippen LogP contribution >= 0.6 is 0 Å². The third-order valence-corrected chi connectivity index (χ3v) is 9.56. The monoisotopic (exact) mass is 650 g/mol. The van der Waals surface area contributed by atoms with E-state index in [9.17, 15) is 19.8 Å². The molecule has 1 fully saturated rings. The van der Waals surface area contributed by atoms with Crippen LogP contribution in [0.2, 0.25) is 0 Å². The van der Waals surface area contributed by atoms with Gasteiger partial charge in [-0.05, 0) is 97.7 Å². The molecule has 1 aliphatic rings. The van der Waals surface area contributed by atoms with Crippen molar-refractivity contribution in [3.05, 3.63) is 83.4 Å². The molecule has 0 amide bonds. The Morgan fingerprint density at radius 2 is 1.60 bits per heavy atom. The standard InChI is InChI=1S/C39H48F2O6/c1-5-6-7-8-26-9-10-30-20-31(16-15-29(30)19-26)34-18-17-33(35(40)36(34)41)28-13-11-27(12-14-28)32(22-46-37(44)25(2)21-42)23-47-38(45)39(3,4)24-43/h9-10,15-20,27-28,32,42-43H,2,5-8,11-14,21-24H2,1,3-4H3. The number of carbonyl (C=O) groups excluding carboxylic acids is 2. The number of esters is 2. The lowest BCUT2D eigenvalue weighted by Gasteiger charge is -2.34. The highest BCUT2D eigenvalue weighted by molar-refractivity contribution is 5.88. The van der Waals surface area contributed by atoms with Crippen molar-refractivity contribution in [3.8, 4) is 11.1 Å². The van der Waals surface area contributed by atoms with Crippen molar-refractivity contribution in [3.63, 3.8) is 0 Å². The van der Waals surface area contributed by atoms with Gasteiger partial charge in [0.2, 0.25) is 0 Å². The molecular weight excluding hydrogens is 602 g/mol. The molecule has 1 atom stereocenters. The van der Waals surface area contributed by atoms with Crippen LogP contribution in [-0.2, 0) is 25.5 Å². The molecule has 0 saturated heterocycles. The average molecular weight is 651 g/mol. The number of carbonyl (C=O) groups is 2. The Labute approximate surface area is 276 Å². The lowest BCUT2D eigenvalue weighted by molar-refractivity contribution is -0.159. The largest absolute Gasteiger partial charge is 0.465 e. The molecule has 1 saturated carbocycles. The maximum atomic E-state index is 15.6. The van der Waals surface area contributed by atoms with Gasteiger partial charge in [0, 0.05) is 11.5 Å². The van der Waals surface area contributed by atoms with Crippen molar-refractivity contribution in [1.29, 1.82) is 0 Å². The van der Waals surface area contributed by atoms with Crippen LogP contribution in [0.25, 0.3) is 21.9 Å². The van der Waals surface area contributed by atoms with Gasteiger partial charge in [-0.15, -0.1) is 0 Å². The van der Waals surface area contributed by atoms with E-state index in [0.717, 1.165) is 23.6 Å². The van der Waals surface area contributed by atoms with Gasteiger partial charge in [-0.25, -0.2) is 13.6 Å². The van der Waals surface area contributed by atoms with Crippen LogP contribution in [0.3, 0.4) is 0 Å². The maximum Gasteiger partial charge on any atom is 0.335 e. The number of unbranched alkanes of at least 4 members (excludes halogenated alkanes) is 2. The van der Waals surface area contributed by atoms with E-state index in [4.69, 9.17) is 9.47 Å². The Morgan fingerprint density at radius 1 is 0.915 bits per heavy atom. The second kappa shape index (κ2) is 16.5. The molecule has 0 heterocycles. The summed E-state index contributed by atoms with van der Waals surface area (Å²) in [5, 5.41) is 20.8. The average Bonchev–Trinajstić information content (AvgIpc) is 3.08. The third kappa shape index (κ3) is 9.05. The highest BCUT2D eigenvalue weighted by Crippen LogP contribution is 2.41. The molecule has 6 nitrogen and oxygen atoms in total. The Hall–Kier alpha value is -3.62. The van der Waals surface area contributed by atoms with Gasteiger partial charge < -0.3 is 19.7 Å².